The molecule has 0 aromatic heterocycles. The van der Waals surface area contributed by atoms with E-state index in [0.717, 1.165) is 25.1 Å². The summed E-state index contributed by atoms with van der Waals surface area (Å²) in [7, 11) is 0. The van der Waals surface area contributed by atoms with Crippen molar-refractivity contribution in [2.75, 3.05) is 13.1 Å². The molecule has 4 N–H and O–H groups in total. The lowest BCUT2D eigenvalue weighted by molar-refractivity contribution is 0.123. The molecule has 100 valence electrons. The number of hydrogen-bond acceptors (Lipinski definition) is 4. The molecule has 1 aromatic rings. The molecule has 1 fully saturated rings. The van der Waals surface area contributed by atoms with E-state index in [1.807, 2.05) is 0 Å². The van der Waals surface area contributed by atoms with Crippen LogP contribution in [0.4, 0.5) is 0 Å². The van der Waals surface area contributed by atoms with Crippen LogP contribution >= 0.6 is 0 Å². The number of phenolic OH excluding ortho intramolecular Hbond substituents is 2. The van der Waals surface area contributed by atoms with E-state index in [0.29, 0.717) is 5.92 Å². The van der Waals surface area contributed by atoms with Crippen LogP contribution < -0.4 is 5.73 Å². The van der Waals surface area contributed by atoms with Crippen molar-refractivity contribution in [1.29, 1.82) is 0 Å². The first-order chi connectivity index (χ1) is 8.45. The molecule has 0 amide bonds. The number of likely N-dealkylation sites (tertiary alicyclic amines) is 1. The fraction of sp³-hybridized carbons (Fsp3) is 0.571. The highest BCUT2D eigenvalue weighted by Crippen LogP contribution is 2.30. The minimum Gasteiger partial charge on any atom is -0.508 e. The van der Waals surface area contributed by atoms with Gasteiger partial charge in [-0.25, -0.2) is 0 Å². The van der Waals surface area contributed by atoms with Crippen LogP contribution in [-0.4, -0.2) is 34.2 Å². The lowest BCUT2D eigenvalue weighted by atomic mass is 9.94. The molecule has 1 saturated heterocycles. The Labute approximate surface area is 108 Å². The second-order valence-electron chi connectivity index (χ2n) is 5.51. The first-order valence-electron chi connectivity index (χ1n) is 6.48. The van der Waals surface area contributed by atoms with Crippen LogP contribution in [-0.2, 0) is 0 Å². The largest absolute Gasteiger partial charge is 0.508 e. The normalized spacial score (nSPS) is 27.1. The van der Waals surface area contributed by atoms with Crippen molar-refractivity contribution in [2.24, 2.45) is 11.7 Å². The minimum atomic E-state index is 0.103. The van der Waals surface area contributed by atoms with E-state index >= 15 is 0 Å². The van der Waals surface area contributed by atoms with Gasteiger partial charge in [-0.3, -0.25) is 4.90 Å². The van der Waals surface area contributed by atoms with Crippen molar-refractivity contribution < 1.29 is 10.2 Å². The van der Waals surface area contributed by atoms with Gasteiger partial charge in [-0.1, -0.05) is 6.92 Å². The Morgan fingerprint density at radius 2 is 1.83 bits per heavy atom. The topological polar surface area (TPSA) is 69.7 Å². The van der Waals surface area contributed by atoms with Crippen molar-refractivity contribution in [3.05, 3.63) is 23.8 Å². The fourth-order valence-corrected chi connectivity index (χ4v) is 2.83. The van der Waals surface area contributed by atoms with Gasteiger partial charge in [0.05, 0.1) is 0 Å². The lowest BCUT2D eigenvalue weighted by Gasteiger charge is -2.38. The van der Waals surface area contributed by atoms with Gasteiger partial charge < -0.3 is 15.9 Å². The van der Waals surface area contributed by atoms with Gasteiger partial charge in [-0.15, -0.1) is 0 Å². The molecule has 1 aliphatic heterocycles. The molecule has 0 radical (unpaired) electrons. The van der Waals surface area contributed by atoms with Crippen molar-refractivity contribution in [3.63, 3.8) is 0 Å². The molecule has 3 atom stereocenters. The first kappa shape index (κ1) is 13.2. The molecule has 1 aliphatic rings. The van der Waals surface area contributed by atoms with Gasteiger partial charge >= 0.3 is 0 Å². The summed E-state index contributed by atoms with van der Waals surface area (Å²) < 4.78 is 0. The number of nitrogens with two attached hydrogens (primary N) is 1. The first-order valence-corrected chi connectivity index (χ1v) is 6.48. The second kappa shape index (κ2) is 5.16. The zero-order valence-corrected chi connectivity index (χ0v) is 11.0. The highest BCUT2D eigenvalue weighted by Gasteiger charge is 2.26. The highest BCUT2D eigenvalue weighted by molar-refractivity contribution is 5.38. The molecular formula is C14H22N2O2. The molecule has 1 heterocycles. The van der Waals surface area contributed by atoms with Gasteiger partial charge in [-0.05, 0) is 37.0 Å². The predicted molar refractivity (Wildman–Crippen MR) is 71.5 cm³/mol. The van der Waals surface area contributed by atoms with Crippen molar-refractivity contribution in [1.82, 2.24) is 4.90 Å². The standard InChI is InChI=1S/C14H22N2O2/c1-9-3-12(15)8-16(7-9)10(2)11-4-13(17)6-14(18)5-11/h4-6,9-10,12,17-18H,3,7-8,15H2,1-2H3. The Bertz CT molecular complexity index is 392. The molecule has 3 unspecified atom stereocenters. The van der Waals surface area contributed by atoms with Crippen LogP contribution in [0.2, 0.25) is 0 Å². The summed E-state index contributed by atoms with van der Waals surface area (Å²) in [5.41, 5.74) is 6.98. The van der Waals surface area contributed by atoms with Crippen molar-refractivity contribution in [2.45, 2.75) is 32.4 Å². The summed E-state index contributed by atoms with van der Waals surface area (Å²) in [6.07, 6.45) is 1.06. The van der Waals surface area contributed by atoms with Crippen LogP contribution in [0.1, 0.15) is 31.9 Å². The summed E-state index contributed by atoms with van der Waals surface area (Å²) in [5, 5.41) is 19.1. The average Bonchev–Trinajstić information content (AvgIpc) is 2.25. The average molecular weight is 250 g/mol. The van der Waals surface area contributed by atoms with Crippen molar-refractivity contribution in [3.8, 4) is 11.5 Å². The number of rotatable bonds is 2. The maximum absolute atomic E-state index is 9.54. The van der Waals surface area contributed by atoms with Crippen LogP contribution in [0, 0.1) is 5.92 Å². The fourth-order valence-electron chi connectivity index (χ4n) is 2.83. The van der Waals surface area contributed by atoms with Gasteiger partial charge in [0.25, 0.3) is 0 Å². The van der Waals surface area contributed by atoms with Gasteiger partial charge in [0, 0.05) is 31.2 Å². The quantitative estimate of drug-likeness (QED) is 0.749. The third-order valence-electron chi connectivity index (χ3n) is 3.68. The molecule has 0 saturated carbocycles. The molecule has 4 heteroatoms. The molecule has 0 bridgehead atoms. The number of phenols is 2. The SMILES string of the molecule is CC1CC(N)CN(C(C)c2cc(O)cc(O)c2)C1. The molecule has 18 heavy (non-hydrogen) atoms. The minimum absolute atomic E-state index is 0.103. The zero-order valence-electron chi connectivity index (χ0n) is 11.0. The number of piperidine rings is 1. The number of nitrogens with zero attached hydrogens (tertiary/aromatic N) is 1. The van der Waals surface area contributed by atoms with Crippen LogP contribution in [0.3, 0.4) is 0 Å². The third-order valence-corrected chi connectivity index (χ3v) is 3.68. The molecular weight excluding hydrogens is 228 g/mol. The van der Waals surface area contributed by atoms with E-state index in [4.69, 9.17) is 5.73 Å². The van der Waals surface area contributed by atoms with Crippen molar-refractivity contribution >= 4 is 0 Å². The molecule has 2 rings (SSSR count). The van der Waals surface area contributed by atoms with E-state index in [2.05, 4.69) is 18.7 Å². The molecule has 0 spiro atoms. The summed E-state index contributed by atoms with van der Waals surface area (Å²) in [4.78, 5) is 2.31. The third kappa shape index (κ3) is 2.94. The van der Waals surface area contributed by atoms with Crippen LogP contribution in [0.15, 0.2) is 18.2 Å². The molecule has 1 aromatic carbocycles. The van der Waals surface area contributed by atoms with E-state index in [1.165, 1.54) is 6.07 Å². The maximum Gasteiger partial charge on any atom is 0.119 e. The van der Waals surface area contributed by atoms with E-state index in [-0.39, 0.29) is 23.6 Å². The smallest absolute Gasteiger partial charge is 0.119 e. The maximum atomic E-state index is 9.54. The summed E-state index contributed by atoms with van der Waals surface area (Å²) in [6.45, 7) is 6.16. The molecule has 0 aliphatic carbocycles. The summed E-state index contributed by atoms with van der Waals surface area (Å²) >= 11 is 0. The zero-order chi connectivity index (χ0) is 13.3. The summed E-state index contributed by atoms with van der Waals surface area (Å²) in [6, 6.07) is 5.12. The number of benzene rings is 1. The highest BCUT2D eigenvalue weighted by atomic mass is 16.3. The Hall–Kier alpha value is -1.26. The number of aromatic hydroxyl groups is 2. The van der Waals surface area contributed by atoms with E-state index < -0.39 is 0 Å². The monoisotopic (exact) mass is 250 g/mol. The van der Waals surface area contributed by atoms with Gasteiger partial charge in [-0.2, -0.15) is 0 Å². The Kier molecular flexibility index (Phi) is 3.78. The van der Waals surface area contributed by atoms with Gasteiger partial charge in [0.1, 0.15) is 11.5 Å². The van der Waals surface area contributed by atoms with Gasteiger partial charge in [0.2, 0.25) is 0 Å². The van der Waals surface area contributed by atoms with Crippen LogP contribution in [0.25, 0.3) is 0 Å². The summed E-state index contributed by atoms with van der Waals surface area (Å²) in [5.74, 6) is 0.791. The Morgan fingerprint density at radius 3 is 2.39 bits per heavy atom. The Balaban J connectivity index is 2.17. The van der Waals surface area contributed by atoms with E-state index in [1.54, 1.807) is 12.1 Å². The second-order valence-corrected chi connectivity index (χ2v) is 5.51. The predicted octanol–water partition coefficient (Wildman–Crippen LogP) is 1.83. The number of hydrogen-bond donors (Lipinski definition) is 3. The Morgan fingerprint density at radius 1 is 1.22 bits per heavy atom. The van der Waals surface area contributed by atoms with E-state index in [9.17, 15) is 10.2 Å². The van der Waals surface area contributed by atoms with Gasteiger partial charge in [0.15, 0.2) is 0 Å². The lowest BCUT2D eigenvalue weighted by Crippen LogP contribution is -2.47. The van der Waals surface area contributed by atoms with Crippen LogP contribution in [0.5, 0.6) is 11.5 Å². The molecule has 4 nitrogen and oxygen atoms in total.